The third-order valence-electron chi connectivity index (χ3n) is 7.19. The SMILES string of the molecule is O=S(=O)(c1cccc(-c2nn(C[NH+]3CCCCC3)c(=S)n2C2CCCC2)c1)N1CCOCC1. The second-order valence-corrected chi connectivity index (χ2v) is 11.7. The minimum atomic E-state index is -3.57. The molecule has 1 aromatic carbocycles. The summed E-state index contributed by atoms with van der Waals surface area (Å²) in [6, 6.07) is 7.55. The van der Waals surface area contributed by atoms with Crippen molar-refractivity contribution in [2.45, 2.75) is 62.6 Å². The Morgan fingerprint density at radius 1 is 1.06 bits per heavy atom. The molecule has 5 rings (SSSR count). The van der Waals surface area contributed by atoms with Crippen LogP contribution in [0.3, 0.4) is 0 Å². The van der Waals surface area contributed by atoms with Crippen LogP contribution in [-0.4, -0.2) is 66.5 Å². The van der Waals surface area contributed by atoms with E-state index < -0.39 is 10.0 Å². The number of ether oxygens (including phenoxy) is 1. The highest BCUT2D eigenvalue weighted by Gasteiger charge is 2.29. The number of nitrogens with zero attached hydrogens (tertiary/aromatic N) is 4. The van der Waals surface area contributed by atoms with Crippen LogP contribution in [-0.2, 0) is 21.4 Å². The first kappa shape index (κ1) is 23.2. The zero-order valence-electron chi connectivity index (χ0n) is 19.1. The summed E-state index contributed by atoms with van der Waals surface area (Å²) in [5, 5.41) is 4.98. The standard InChI is InChI=1S/C23H33N5O3S2/c29-33(30,26-13-15-31-16-14-26)21-10-6-7-19(17-21)22-24-27(18-25-11-4-1-5-12-25)23(32)28(22)20-8-2-3-9-20/h6-7,10,17,20H,1-5,8-9,11-16,18H2/p+1. The van der Waals surface area contributed by atoms with Crippen LogP contribution in [0.15, 0.2) is 29.2 Å². The lowest BCUT2D eigenvalue weighted by Gasteiger charge is -2.26. The van der Waals surface area contributed by atoms with Crippen LogP contribution >= 0.6 is 12.2 Å². The monoisotopic (exact) mass is 492 g/mol. The predicted molar refractivity (Wildman–Crippen MR) is 128 cm³/mol. The molecule has 0 radical (unpaired) electrons. The molecule has 1 saturated carbocycles. The molecular weight excluding hydrogens is 458 g/mol. The van der Waals surface area contributed by atoms with Gasteiger partial charge >= 0.3 is 0 Å². The van der Waals surface area contributed by atoms with Gasteiger partial charge in [-0.3, -0.25) is 4.57 Å². The molecular formula is C23H34N5O3S2+. The summed E-state index contributed by atoms with van der Waals surface area (Å²) in [6.45, 7) is 4.72. The lowest BCUT2D eigenvalue weighted by Crippen LogP contribution is -3.12. The van der Waals surface area contributed by atoms with Gasteiger partial charge in [0.15, 0.2) is 12.5 Å². The summed E-state index contributed by atoms with van der Waals surface area (Å²) in [4.78, 5) is 1.82. The molecule has 0 bridgehead atoms. The number of benzene rings is 1. The molecule has 2 saturated heterocycles. The Morgan fingerprint density at radius 2 is 1.79 bits per heavy atom. The molecule has 8 nitrogen and oxygen atoms in total. The maximum absolute atomic E-state index is 13.3. The van der Waals surface area contributed by atoms with Crippen molar-refractivity contribution in [2.75, 3.05) is 39.4 Å². The van der Waals surface area contributed by atoms with Gasteiger partial charge in [-0.25, -0.2) is 8.42 Å². The first-order valence-electron chi connectivity index (χ1n) is 12.3. The fourth-order valence-electron chi connectivity index (χ4n) is 5.37. The molecule has 1 aromatic heterocycles. The fourth-order valence-corrected chi connectivity index (χ4v) is 7.16. The van der Waals surface area contributed by atoms with Crippen molar-refractivity contribution < 1.29 is 18.1 Å². The Balaban J connectivity index is 1.52. The number of morpholine rings is 1. The van der Waals surface area contributed by atoms with Gasteiger partial charge in [0.05, 0.1) is 31.2 Å². The second-order valence-electron chi connectivity index (χ2n) is 9.43. The summed E-state index contributed by atoms with van der Waals surface area (Å²) < 4.78 is 38.3. The summed E-state index contributed by atoms with van der Waals surface area (Å²) in [5.74, 6) is 0.794. The first-order chi connectivity index (χ1) is 16.0. The zero-order chi connectivity index (χ0) is 22.8. The van der Waals surface area contributed by atoms with E-state index in [1.165, 1.54) is 41.3 Å². The number of nitrogens with one attached hydrogen (secondary N) is 1. The van der Waals surface area contributed by atoms with E-state index in [1.807, 2.05) is 16.8 Å². The molecule has 1 aliphatic carbocycles. The first-order valence-corrected chi connectivity index (χ1v) is 14.1. The summed E-state index contributed by atoms with van der Waals surface area (Å²) >= 11 is 5.94. The van der Waals surface area contributed by atoms with Crippen molar-refractivity contribution >= 4 is 22.2 Å². The average molecular weight is 493 g/mol. The number of rotatable bonds is 6. The van der Waals surface area contributed by atoms with Crippen molar-refractivity contribution in [1.29, 1.82) is 0 Å². The molecule has 0 spiro atoms. The van der Waals surface area contributed by atoms with Gasteiger partial charge in [0.1, 0.15) is 0 Å². The Bertz CT molecular complexity index is 1130. The Morgan fingerprint density at radius 3 is 2.52 bits per heavy atom. The third-order valence-corrected chi connectivity index (χ3v) is 9.50. The van der Waals surface area contributed by atoms with E-state index in [0.29, 0.717) is 37.2 Å². The van der Waals surface area contributed by atoms with E-state index in [4.69, 9.17) is 22.1 Å². The molecule has 1 N–H and O–H groups in total. The molecule has 3 fully saturated rings. The number of quaternary nitrogens is 1. The third kappa shape index (κ3) is 4.81. The van der Waals surface area contributed by atoms with Crippen LogP contribution in [0.25, 0.3) is 11.4 Å². The summed E-state index contributed by atoms with van der Waals surface area (Å²) in [6.07, 6.45) is 8.38. The van der Waals surface area contributed by atoms with Crippen LogP contribution in [0.1, 0.15) is 51.0 Å². The van der Waals surface area contributed by atoms with Gasteiger partial charge in [-0.15, -0.1) is 5.10 Å². The molecule has 180 valence electrons. The minimum absolute atomic E-state index is 0.307. The van der Waals surface area contributed by atoms with Crippen LogP contribution in [0.5, 0.6) is 0 Å². The highest BCUT2D eigenvalue weighted by molar-refractivity contribution is 7.89. The molecule has 2 aliphatic heterocycles. The number of likely N-dealkylation sites (tertiary alicyclic amines) is 1. The second kappa shape index (κ2) is 9.95. The molecule has 0 amide bonds. The molecule has 3 heterocycles. The topological polar surface area (TPSA) is 73.8 Å². The zero-order valence-corrected chi connectivity index (χ0v) is 20.7. The number of aromatic nitrogens is 3. The lowest BCUT2D eigenvalue weighted by atomic mass is 10.1. The van der Waals surface area contributed by atoms with E-state index in [2.05, 4.69) is 4.57 Å². The predicted octanol–water partition coefficient (Wildman–Crippen LogP) is 2.24. The molecule has 10 heteroatoms. The summed E-state index contributed by atoms with van der Waals surface area (Å²) in [7, 11) is -3.57. The van der Waals surface area contributed by atoms with Crippen molar-refractivity contribution in [1.82, 2.24) is 18.7 Å². The van der Waals surface area contributed by atoms with Crippen molar-refractivity contribution in [3.05, 3.63) is 29.0 Å². The van der Waals surface area contributed by atoms with E-state index >= 15 is 0 Å². The van der Waals surface area contributed by atoms with Crippen molar-refractivity contribution in [2.24, 2.45) is 0 Å². The number of sulfonamides is 1. The fraction of sp³-hybridized carbons (Fsp3) is 0.652. The van der Waals surface area contributed by atoms with Gasteiger partial charge in [0.25, 0.3) is 0 Å². The largest absolute Gasteiger partial charge is 0.379 e. The van der Waals surface area contributed by atoms with Gasteiger partial charge < -0.3 is 9.64 Å². The highest BCUT2D eigenvalue weighted by atomic mass is 32.2. The Labute approximate surface area is 201 Å². The Hall–Kier alpha value is -1.59. The highest BCUT2D eigenvalue weighted by Crippen LogP contribution is 2.34. The minimum Gasteiger partial charge on any atom is -0.379 e. The lowest BCUT2D eigenvalue weighted by molar-refractivity contribution is -0.928. The number of piperidine rings is 1. The number of hydrogen-bond acceptors (Lipinski definition) is 5. The smallest absolute Gasteiger partial charge is 0.243 e. The van der Waals surface area contributed by atoms with Crippen LogP contribution in [0.4, 0.5) is 0 Å². The molecule has 3 aliphatic rings. The van der Waals surface area contributed by atoms with Crippen molar-refractivity contribution in [3.8, 4) is 11.4 Å². The van der Waals surface area contributed by atoms with Gasteiger partial charge in [0.2, 0.25) is 14.8 Å². The normalized spacial score (nSPS) is 21.6. The Kier molecular flexibility index (Phi) is 6.99. The molecule has 0 atom stereocenters. The van der Waals surface area contributed by atoms with Crippen LogP contribution in [0.2, 0.25) is 0 Å². The number of hydrogen-bond donors (Lipinski definition) is 1. The maximum Gasteiger partial charge on any atom is 0.243 e. The average Bonchev–Trinajstić information content (AvgIpc) is 3.49. The van der Waals surface area contributed by atoms with Gasteiger partial charge in [-0.2, -0.15) is 8.99 Å². The van der Waals surface area contributed by atoms with E-state index in [0.717, 1.165) is 48.8 Å². The van der Waals surface area contributed by atoms with E-state index in [1.54, 1.807) is 12.1 Å². The van der Waals surface area contributed by atoms with Crippen LogP contribution < -0.4 is 4.90 Å². The summed E-state index contributed by atoms with van der Waals surface area (Å²) in [5.41, 5.74) is 0.815. The van der Waals surface area contributed by atoms with Gasteiger partial charge in [-0.1, -0.05) is 25.0 Å². The molecule has 33 heavy (non-hydrogen) atoms. The van der Waals surface area contributed by atoms with Gasteiger partial charge in [0, 0.05) is 24.7 Å². The van der Waals surface area contributed by atoms with Crippen LogP contribution in [0, 0.1) is 4.77 Å². The van der Waals surface area contributed by atoms with Crippen molar-refractivity contribution in [3.63, 3.8) is 0 Å². The maximum atomic E-state index is 13.3. The van der Waals surface area contributed by atoms with E-state index in [-0.39, 0.29) is 0 Å². The quantitative estimate of drug-likeness (QED) is 0.626. The van der Waals surface area contributed by atoms with E-state index in [9.17, 15) is 8.42 Å². The van der Waals surface area contributed by atoms with Gasteiger partial charge in [-0.05, 0) is 56.5 Å². The molecule has 0 unspecified atom stereocenters. The molecule has 2 aromatic rings.